The summed E-state index contributed by atoms with van der Waals surface area (Å²) in [5.41, 5.74) is 0. The van der Waals surface area contributed by atoms with Crippen LogP contribution < -0.4 is 5.32 Å². The highest BCUT2D eigenvalue weighted by atomic mass is 32.1. The van der Waals surface area contributed by atoms with Crippen LogP contribution in [-0.4, -0.2) is 27.1 Å². The van der Waals surface area contributed by atoms with E-state index in [4.69, 9.17) is 9.47 Å². The van der Waals surface area contributed by atoms with Gasteiger partial charge in [-0.1, -0.05) is 0 Å². The van der Waals surface area contributed by atoms with E-state index in [1.165, 1.54) is 9.75 Å². The van der Waals surface area contributed by atoms with Crippen LogP contribution in [0.2, 0.25) is 0 Å². The molecule has 0 aliphatic rings. The normalized spacial score (nSPS) is 13.4. The van der Waals surface area contributed by atoms with E-state index in [-0.39, 0.29) is 6.29 Å². The van der Waals surface area contributed by atoms with E-state index in [0.29, 0.717) is 12.6 Å². The first kappa shape index (κ1) is 12.6. The molecule has 1 atom stereocenters. The molecule has 0 aliphatic carbocycles. The lowest BCUT2D eigenvalue weighted by Gasteiger charge is -2.17. The minimum absolute atomic E-state index is 0.173. The Bertz CT molecular complexity index is 284. The number of aryl methyl sites for hydroxylation is 1. The van der Waals surface area contributed by atoms with Crippen LogP contribution in [-0.2, 0) is 9.47 Å². The Morgan fingerprint density at radius 2 is 2.00 bits per heavy atom. The first-order chi connectivity index (χ1) is 7.17. The number of nitrogens with one attached hydrogen (secondary N) is 1. The second-order valence-electron chi connectivity index (χ2n) is 3.48. The minimum Gasteiger partial charge on any atom is -0.355 e. The highest BCUT2D eigenvalue weighted by molar-refractivity contribution is 7.12. The number of hydrogen-bond donors (Lipinski definition) is 1. The third-order valence-electron chi connectivity index (χ3n) is 2.30. The third kappa shape index (κ3) is 3.91. The Labute approximate surface area is 95.4 Å². The van der Waals surface area contributed by atoms with Crippen LogP contribution in [0.25, 0.3) is 0 Å². The smallest absolute Gasteiger partial charge is 0.169 e. The molecule has 0 bridgehead atoms. The van der Waals surface area contributed by atoms with Gasteiger partial charge < -0.3 is 14.8 Å². The molecule has 1 rings (SSSR count). The summed E-state index contributed by atoms with van der Waals surface area (Å²) < 4.78 is 10.2. The lowest BCUT2D eigenvalue weighted by Crippen LogP contribution is -2.31. The minimum atomic E-state index is -0.173. The fraction of sp³-hybridized carbons (Fsp3) is 0.636. The molecule has 4 heteroatoms. The molecule has 0 aliphatic heterocycles. The molecule has 0 radical (unpaired) electrons. The highest BCUT2D eigenvalue weighted by Gasteiger charge is 2.10. The van der Waals surface area contributed by atoms with Crippen LogP contribution in [0.1, 0.15) is 22.7 Å². The van der Waals surface area contributed by atoms with Gasteiger partial charge in [0.15, 0.2) is 6.29 Å². The van der Waals surface area contributed by atoms with Gasteiger partial charge in [-0.25, -0.2) is 0 Å². The van der Waals surface area contributed by atoms with Gasteiger partial charge in [0, 0.05) is 36.6 Å². The molecule has 1 heterocycles. The van der Waals surface area contributed by atoms with Crippen molar-refractivity contribution in [1.29, 1.82) is 0 Å². The molecular formula is C11H19NO2S. The van der Waals surface area contributed by atoms with Crippen molar-refractivity contribution in [3.8, 4) is 0 Å². The monoisotopic (exact) mass is 229 g/mol. The maximum absolute atomic E-state index is 5.11. The molecule has 0 saturated heterocycles. The Morgan fingerprint density at radius 3 is 2.47 bits per heavy atom. The molecule has 1 N–H and O–H groups in total. The van der Waals surface area contributed by atoms with Crippen LogP contribution in [0.3, 0.4) is 0 Å². The molecular weight excluding hydrogens is 210 g/mol. The fourth-order valence-corrected chi connectivity index (χ4v) is 2.23. The standard InChI is InChI=1S/C11H19NO2S/c1-8-5-6-10(15-8)9(2)12-7-11(13-3)14-4/h5-6,9,11-12H,7H2,1-4H3. The SMILES string of the molecule is COC(CNC(C)c1ccc(C)s1)OC. The van der Waals surface area contributed by atoms with Gasteiger partial charge >= 0.3 is 0 Å². The van der Waals surface area contributed by atoms with E-state index in [2.05, 4.69) is 31.3 Å². The second-order valence-corrected chi connectivity index (χ2v) is 4.80. The number of thiophene rings is 1. The molecule has 1 aromatic heterocycles. The van der Waals surface area contributed by atoms with Gasteiger partial charge in [0.05, 0.1) is 0 Å². The summed E-state index contributed by atoms with van der Waals surface area (Å²) in [5.74, 6) is 0. The summed E-state index contributed by atoms with van der Waals surface area (Å²) in [4.78, 5) is 2.69. The van der Waals surface area contributed by atoms with Gasteiger partial charge in [0.1, 0.15) is 0 Å². The van der Waals surface area contributed by atoms with Crippen molar-refractivity contribution >= 4 is 11.3 Å². The van der Waals surface area contributed by atoms with Crippen LogP contribution >= 0.6 is 11.3 Å². The number of hydrogen-bond acceptors (Lipinski definition) is 4. The van der Waals surface area contributed by atoms with Gasteiger partial charge in [-0.15, -0.1) is 11.3 Å². The van der Waals surface area contributed by atoms with Gasteiger partial charge in [0.2, 0.25) is 0 Å². The van der Waals surface area contributed by atoms with Crippen LogP contribution in [0.5, 0.6) is 0 Å². The van der Waals surface area contributed by atoms with Crippen molar-refractivity contribution < 1.29 is 9.47 Å². The van der Waals surface area contributed by atoms with E-state index < -0.39 is 0 Å². The van der Waals surface area contributed by atoms with E-state index in [1.54, 1.807) is 14.2 Å². The third-order valence-corrected chi connectivity index (χ3v) is 3.49. The van der Waals surface area contributed by atoms with Crippen molar-refractivity contribution in [3.63, 3.8) is 0 Å². The fourth-order valence-electron chi connectivity index (χ4n) is 1.32. The molecule has 1 unspecified atom stereocenters. The van der Waals surface area contributed by atoms with E-state index in [0.717, 1.165) is 0 Å². The molecule has 0 saturated carbocycles. The largest absolute Gasteiger partial charge is 0.355 e. The Morgan fingerprint density at radius 1 is 1.33 bits per heavy atom. The van der Waals surface area contributed by atoms with E-state index in [1.807, 2.05) is 11.3 Å². The van der Waals surface area contributed by atoms with Crippen molar-refractivity contribution in [2.75, 3.05) is 20.8 Å². The quantitative estimate of drug-likeness (QED) is 0.759. The zero-order valence-corrected chi connectivity index (χ0v) is 10.6. The van der Waals surface area contributed by atoms with Crippen LogP contribution in [0, 0.1) is 6.92 Å². The van der Waals surface area contributed by atoms with Gasteiger partial charge in [0.25, 0.3) is 0 Å². The molecule has 0 amide bonds. The molecule has 0 fully saturated rings. The van der Waals surface area contributed by atoms with Gasteiger partial charge in [-0.05, 0) is 26.0 Å². The average Bonchev–Trinajstić information content (AvgIpc) is 2.66. The average molecular weight is 229 g/mol. The first-order valence-corrected chi connectivity index (χ1v) is 5.84. The number of methoxy groups -OCH3 is 2. The summed E-state index contributed by atoms with van der Waals surface area (Å²) in [6, 6.07) is 4.64. The maximum atomic E-state index is 5.11. The van der Waals surface area contributed by atoms with E-state index >= 15 is 0 Å². The van der Waals surface area contributed by atoms with Crippen LogP contribution in [0.15, 0.2) is 12.1 Å². The molecule has 15 heavy (non-hydrogen) atoms. The lowest BCUT2D eigenvalue weighted by atomic mass is 10.2. The Kier molecular flexibility index (Phi) is 5.25. The summed E-state index contributed by atoms with van der Waals surface area (Å²) in [6.07, 6.45) is -0.173. The highest BCUT2D eigenvalue weighted by Crippen LogP contribution is 2.22. The second kappa shape index (κ2) is 6.23. The zero-order valence-electron chi connectivity index (χ0n) is 9.74. The maximum Gasteiger partial charge on any atom is 0.169 e. The van der Waals surface area contributed by atoms with Crippen molar-refractivity contribution in [2.24, 2.45) is 0 Å². The number of ether oxygens (including phenoxy) is 2. The van der Waals surface area contributed by atoms with Crippen LogP contribution in [0.4, 0.5) is 0 Å². The summed E-state index contributed by atoms with van der Waals surface area (Å²) in [5, 5.41) is 3.37. The molecule has 1 aromatic rings. The molecule has 86 valence electrons. The van der Waals surface area contributed by atoms with Crippen molar-refractivity contribution in [2.45, 2.75) is 26.2 Å². The zero-order chi connectivity index (χ0) is 11.3. The molecule has 0 aromatic carbocycles. The summed E-state index contributed by atoms with van der Waals surface area (Å²) >= 11 is 1.82. The van der Waals surface area contributed by atoms with Gasteiger partial charge in [-0.3, -0.25) is 0 Å². The molecule has 3 nitrogen and oxygen atoms in total. The van der Waals surface area contributed by atoms with Crippen molar-refractivity contribution in [3.05, 3.63) is 21.9 Å². The topological polar surface area (TPSA) is 30.5 Å². The number of rotatable bonds is 6. The first-order valence-electron chi connectivity index (χ1n) is 5.02. The lowest BCUT2D eigenvalue weighted by molar-refractivity contribution is -0.0997. The summed E-state index contributed by atoms with van der Waals surface area (Å²) in [6.45, 7) is 4.97. The van der Waals surface area contributed by atoms with E-state index in [9.17, 15) is 0 Å². The summed E-state index contributed by atoms with van der Waals surface area (Å²) in [7, 11) is 3.30. The van der Waals surface area contributed by atoms with Crippen molar-refractivity contribution in [1.82, 2.24) is 5.32 Å². The predicted octanol–water partition coefficient (Wildman–Crippen LogP) is 2.33. The van der Waals surface area contributed by atoms with Gasteiger partial charge in [-0.2, -0.15) is 0 Å². The molecule has 0 spiro atoms. The predicted molar refractivity (Wildman–Crippen MR) is 63.3 cm³/mol. The Balaban J connectivity index is 2.39. The Hall–Kier alpha value is -0.420.